The first kappa shape index (κ1) is 30.6. The Balaban J connectivity index is 0.000000238. The molecule has 43 heavy (non-hydrogen) atoms. The van der Waals surface area contributed by atoms with Gasteiger partial charge in [-0.2, -0.15) is 0 Å². The first-order chi connectivity index (χ1) is 20.4. The van der Waals surface area contributed by atoms with Crippen LogP contribution in [0, 0.1) is 32.2 Å². The van der Waals surface area contributed by atoms with Crippen LogP contribution in [0.2, 0.25) is 0 Å². The van der Waals surface area contributed by atoms with Crippen LogP contribution < -0.4 is 0 Å². The van der Waals surface area contributed by atoms with E-state index in [1.165, 1.54) is 38.0 Å². The summed E-state index contributed by atoms with van der Waals surface area (Å²) in [5, 5.41) is 4.80. The third kappa shape index (κ3) is 6.26. The van der Waals surface area contributed by atoms with Gasteiger partial charge in [0.2, 0.25) is 0 Å². The molecule has 7 rings (SSSR count). The molecule has 0 N–H and O–H groups in total. The molecule has 0 amide bonds. The molecule has 0 saturated heterocycles. The number of hydrogen-bond acceptors (Lipinski definition) is 3. The quantitative estimate of drug-likeness (QED) is 0.168. The third-order valence-corrected chi connectivity index (χ3v) is 8.36. The largest absolute Gasteiger partial charge is 0.333 e. The zero-order chi connectivity index (χ0) is 29.2. The first-order valence-electron chi connectivity index (χ1n) is 14.3. The van der Waals surface area contributed by atoms with Crippen molar-refractivity contribution in [2.45, 2.75) is 40.5 Å². The molecule has 0 fully saturated rings. The second kappa shape index (κ2) is 13.2. The van der Waals surface area contributed by atoms with Gasteiger partial charge in [-0.15, -0.1) is 47.3 Å². The molecule has 0 aliphatic heterocycles. The Hall–Kier alpha value is -3.89. The molecule has 0 spiro atoms. The number of benzene rings is 4. The maximum absolute atomic E-state index is 5.08. The fourth-order valence-electron chi connectivity index (χ4n) is 5.54. The van der Waals surface area contributed by atoms with Gasteiger partial charge in [-0.3, -0.25) is 16.3 Å². The minimum atomic E-state index is 0. The summed E-state index contributed by atoms with van der Waals surface area (Å²) in [6, 6.07) is 36.5. The minimum Gasteiger partial charge on any atom is -0.333 e. The van der Waals surface area contributed by atoms with E-state index >= 15 is 0 Å². The van der Waals surface area contributed by atoms with E-state index < -0.39 is 0 Å². The fraction of sp³-hybridized carbons (Fsp3) is 0.158. The molecule has 5 heteroatoms. The van der Waals surface area contributed by atoms with Crippen LogP contribution in [0.15, 0.2) is 103 Å². The first-order valence-corrected chi connectivity index (χ1v) is 15.1. The summed E-state index contributed by atoms with van der Waals surface area (Å²) in [7, 11) is 0. The van der Waals surface area contributed by atoms with Gasteiger partial charge in [0, 0.05) is 32.0 Å². The molecule has 1 radical (unpaired) electrons. The van der Waals surface area contributed by atoms with Crippen molar-refractivity contribution >= 4 is 32.5 Å². The number of hydrogen-bond donors (Lipinski definition) is 0. The van der Waals surface area contributed by atoms with E-state index in [-0.39, 0.29) is 20.1 Å². The Kier molecular flexibility index (Phi) is 9.37. The molecule has 3 nitrogen and oxygen atoms in total. The van der Waals surface area contributed by atoms with Crippen molar-refractivity contribution in [2.24, 2.45) is 0 Å². The van der Waals surface area contributed by atoms with Crippen molar-refractivity contribution in [3.8, 4) is 28.3 Å². The van der Waals surface area contributed by atoms with E-state index in [4.69, 9.17) is 4.98 Å². The number of pyridine rings is 1. The van der Waals surface area contributed by atoms with Crippen LogP contribution in [0.25, 0.3) is 49.5 Å². The molecule has 0 bridgehead atoms. The number of aromatic nitrogens is 3. The summed E-state index contributed by atoms with van der Waals surface area (Å²) in [6.07, 6.45) is 1.79. The molecule has 3 aromatic heterocycles. The van der Waals surface area contributed by atoms with E-state index in [9.17, 15) is 0 Å². The van der Waals surface area contributed by atoms with E-state index in [2.05, 4.69) is 110 Å². The second-order valence-electron chi connectivity index (χ2n) is 11.0. The molecule has 0 aliphatic rings. The number of nitrogens with zero attached hydrogens (tertiary/aromatic N) is 3. The number of fused-ring (bicyclic) bond motifs is 2. The molecule has 217 valence electrons. The molecule has 3 heterocycles. The monoisotopic (exact) mass is 756 g/mol. The van der Waals surface area contributed by atoms with Crippen LogP contribution in [0.3, 0.4) is 0 Å². The van der Waals surface area contributed by atoms with Gasteiger partial charge in [0.05, 0.1) is 16.9 Å². The maximum Gasteiger partial charge on any atom is 0.0774 e. The summed E-state index contributed by atoms with van der Waals surface area (Å²) in [5.74, 6) is 1.48. The summed E-state index contributed by atoms with van der Waals surface area (Å²) >= 11 is 1.69. The van der Waals surface area contributed by atoms with E-state index in [1.54, 1.807) is 17.5 Å². The van der Waals surface area contributed by atoms with Crippen LogP contribution in [0.5, 0.6) is 0 Å². The molecule has 7 aromatic rings. The summed E-state index contributed by atoms with van der Waals surface area (Å²) in [6.45, 7) is 11.0. The summed E-state index contributed by atoms with van der Waals surface area (Å²) in [4.78, 5) is 9.30. The summed E-state index contributed by atoms with van der Waals surface area (Å²) < 4.78 is 3.60. The maximum atomic E-state index is 5.08. The molecule has 0 aliphatic carbocycles. The van der Waals surface area contributed by atoms with Gasteiger partial charge < -0.3 is 9.55 Å². The number of para-hydroxylation sites is 2. The SMILES string of the molecule is Cc1cc(C)c(-n2c(-c3[c-]sc4cc(C(C)C)ccc34)nc3ccccc32)c(C)c1.[Ir].[c-]1ccccc1-c1ccccn1. The Morgan fingerprint density at radius 3 is 2.26 bits per heavy atom. The molecule has 0 atom stereocenters. The standard InChI is InChI=1S/C27H25N2S.C11H8N.Ir/c1-16(2)20-10-11-21-22(15-30-25(21)14-20)27-28-23-8-6-7-9-24(23)29(27)26-18(4)12-17(3)13-19(26)5;1-2-6-10(7-3-1)11-8-4-5-9-12-11;/h6-14,16H,1-5H3;1-6,8-9H;/q2*-1;. The van der Waals surface area contributed by atoms with E-state index in [1.807, 2.05) is 42.5 Å². The number of rotatable bonds is 4. The van der Waals surface area contributed by atoms with Crippen molar-refractivity contribution in [2.75, 3.05) is 0 Å². The topological polar surface area (TPSA) is 30.7 Å². The zero-order valence-electron chi connectivity index (χ0n) is 25.0. The van der Waals surface area contributed by atoms with E-state index in [0.29, 0.717) is 5.92 Å². The second-order valence-corrected chi connectivity index (χ2v) is 11.8. The number of thiophene rings is 1. The normalized spacial score (nSPS) is 10.9. The van der Waals surface area contributed by atoms with Gasteiger partial charge >= 0.3 is 0 Å². The van der Waals surface area contributed by atoms with Crippen molar-refractivity contribution in [3.63, 3.8) is 0 Å². The molecule has 4 aromatic carbocycles. The van der Waals surface area contributed by atoms with Crippen molar-refractivity contribution in [3.05, 3.63) is 137 Å². The Labute approximate surface area is 271 Å². The Bertz CT molecular complexity index is 1930. The predicted molar refractivity (Wildman–Crippen MR) is 178 cm³/mol. The molecular weight excluding hydrogens is 723 g/mol. The van der Waals surface area contributed by atoms with Crippen LogP contribution in [-0.4, -0.2) is 14.5 Å². The minimum absolute atomic E-state index is 0. The van der Waals surface area contributed by atoms with Crippen molar-refractivity contribution in [1.82, 2.24) is 14.5 Å². The predicted octanol–water partition coefficient (Wildman–Crippen LogP) is 10.3. The van der Waals surface area contributed by atoms with Gasteiger partial charge in [0.15, 0.2) is 0 Å². The fourth-order valence-corrected chi connectivity index (χ4v) is 6.42. The molecular formula is C38H33IrN3S-2. The average Bonchev–Trinajstić information content (AvgIpc) is 3.59. The van der Waals surface area contributed by atoms with Crippen molar-refractivity contribution in [1.29, 1.82) is 0 Å². The van der Waals surface area contributed by atoms with Gasteiger partial charge in [0.25, 0.3) is 0 Å². The number of aryl methyl sites for hydroxylation is 3. The Morgan fingerprint density at radius 1 is 0.814 bits per heavy atom. The average molecular weight is 756 g/mol. The van der Waals surface area contributed by atoms with Crippen LogP contribution in [0.4, 0.5) is 0 Å². The van der Waals surface area contributed by atoms with Gasteiger partial charge in [0.1, 0.15) is 0 Å². The van der Waals surface area contributed by atoms with Crippen LogP contribution in [0.1, 0.15) is 42.0 Å². The van der Waals surface area contributed by atoms with Crippen molar-refractivity contribution < 1.29 is 20.1 Å². The van der Waals surface area contributed by atoms with Crippen LogP contribution >= 0.6 is 11.3 Å². The summed E-state index contributed by atoms with van der Waals surface area (Å²) in [5.41, 5.74) is 11.6. The number of imidazole rings is 1. The van der Waals surface area contributed by atoms with Gasteiger partial charge in [-0.05, 0) is 61.7 Å². The van der Waals surface area contributed by atoms with Gasteiger partial charge in [-0.1, -0.05) is 89.1 Å². The molecule has 0 saturated carbocycles. The molecule has 0 unspecified atom stereocenters. The van der Waals surface area contributed by atoms with E-state index in [0.717, 1.165) is 33.7 Å². The van der Waals surface area contributed by atoms with Crippen LogP contribution in [-0.2, 0) is 20.1 Å². The zero-order valence-corrected chi connectivity index (χ0v) is 28.2. The third-order valence-electron chi connectivity index (χ3n) is 7.50. The smallest absolute Gasteiger partial charge is 0.0774 e. The van der Waals surface area contributed by atoms with Gasteiger partial charge in [-0.25, -0.2) is 0 Å². The Morgan fingerprint density at radius 2 is 1.56 bits per heavy atom.